The molecule has 3 N–H and O–H groups in total. The first-order valence-corrected chi connectivity index (χ1v) is 9.53. The van der Waals surface area contributed by atoms with Crippen molar-refractivity contribution in [1.29, 1.82) is 0 Å². The lowest BCUT2D eigenvalue weighted by Gasteiger charge is -2.15. The molecule has 1 amide bonds. The maximum atomic E-state index is 11.6. The van der Waals surface area contributed by atoms with Gasteiger partial charge < -0.3 is 25.4 Å². The molecular formula is C20H35IN4O3. The van der Waals surface area contributed by atoms with Crippen LogP contribution in [0.1, 0.15) is 37.3 Å². The van der Waals surface area contributed by atoms with Gasteiger partial charge in [0, 0.05) is 58.8 Å². The molecule has 0 saturated carbocycles. The zero-order chi connectivity index (χ0) is 19.9. The van der Waals surface area contributed by atoms with Gasteiger partial charge in [-0.25, -0.2) is 0 Å². The second kappa shape index (κ2) is 16.4. The van der Waals surface area contributed by atoms with Crippen LogP contribution in [0, 0.1) is 6.92 Å². The van der Waals surface area contributed by atoms with Crippen LogP contribution in [0.2, 0.25) is 0 Å². The third kappa shape index (κ3) is 11.3. The molecule has 0 aliphatic rings. The minimum atomic E-state index is 0. The summed E-state index contributed by atoms with van der Waals surface area (Å²) in [5.41, 5.74) is 2.21. The van der Waals surface area contributed by atoms with Gasteiger partial charge in [-0.1, -0.05) is 19.1 Å². The molecule has 0 radical (unpaired) electrons. The summed E-state index contributed by atoms with van der Waals surface area (Å²) in [4.78, 5) is 15.8. The first-order valence-electron chi connectivity index (χ1n) is 9.53. The summed E-state index contributed by atoms with van der Waals surface area (Å²) in [5.74, 6) is 1.57. The van der Waals surface area contributed by atoms with E-state index in [1.54, 1.807) is 14.2 Å². The van der Waals surface area contributed by atoms with Crippen LogP contribution in [0.3, 0.4) is 0 Å². The lowest BCUT2D eigenvalue weighted by molar-refractivity contribution is -0.120. The Kier molecular flexibility index (Phi) is 15.5. The van der Waals surface area contributed by atoms with E-state index < -0.39 is 0 Å². The molecule has 0 aliphatic heterocycles. The number of aryl methyl sites for hydroxylation is 1. The number of ether oxygens (including phenoxy) is 2. The summed E-state index contributed by atoms with van der Waals surface area (Å²) in [6.07, 6.45) is 2.20. The van der Waals surface area contributed by atoms with E-state index in [4.69, 9.17) is 9.47 Å². The molecule has 1 aromatic carbocycles. The second-order valence-corrected chi connectivity index (χ2v) is 6.26. The molecule has 0 aromatic heterocycles. The van der Waals surface area contributed by atoms with E-state index in [2.05, 4.69) is 33.1 Å². The van der Waals surface area contributed by atoms with Gasteiger partial charge in [0.15, 0.2) is 5.96 Å². The number of carbonyl (C=O) groups excluding carboxylic acids is 1. The largest absolute Gasteiger partial charge is 0.493 e. The van der Waals surface area contributed by atoms with Gasteiger partial charge in [0.1, 0.15) is 5.75 Å². The molecule has 0 atom stereocenters. The number of methoxy groups -OCH3 is 1. The Bertz CT molecular complexity index is 597. The number of halogens is 1. The zero-order valence-electron chi connectivity index (χ0n) is 17.5. The van der Waals surface area contributed by atoms with Gasteiger partial charge >= 0.3 is 0 Å². The highest BCUT2D eigenvalue weighted by Crippen LogP contribution is 2.20. The van der Waals surface area contributed by atoms with Crippen LogP contribution in [-0.4, -0.2) is 52.3 Å². The fraction of sp³-hybridized carbons (Fsp3) is 0.600. The van der Waals surface area contributed by atoms with Crippen molar-refractivity contribution in [3.8, 4) is 5.75 Å². The molecule has 0 aliphatic carbocycles. The van der Waals surface area contributed by atoms with Gasteiger partial charge in [0.2, 0.25) is 5.91 Å². The van der Waals surface area contributed by atoms with Crippen LogP contribution < -0.4 is 20.7 Å². The number of aliphatic imine (C=N–C) groups is 1. The highest BCUT2D eigenvalue weighted by molar-refractivity contribution is 14.0. The van der Waals surface area contributed by atoms with E-state index in [1.165, 1.54) is 0 Å². The van der Waals surface area contributed by atoms with Gasteiger partial charge in [-0.15, -0.1) is 24.0 Å². The number of amides is 1. The molecule has 0 fully saturated rings. The van der Waals surface area contributed by atoms with Gasteiger partial charge in [0.05, 0.1) is 6.61 Å². The van der Waals surface area contributed by atoms with Crippen LogP contribution in [-0.2, 0) is 16.1 Å². The number of carbonyl (C=O) groups is 1. The van der Waals surface area contributed by atoms with E-state index in [0.717, 1.165) is 29.7 Å². The Morgan fingerprint density at radius 2 is 1.93 bits per heavy atom. The third-order valence-corrected chi connectivity index (χ3v) is 3.86. The van der Waals surface area contributed by atoms with Crippen molar-refractivity contribution < 1.29 is 14.3 Å². The number of guanidine groups is 1. The number of hydrogen-bond donors (Lipinski definition) is 3. The molecule has 28 heavy (non-hydrogen) atoms. The normalized spacial score (nSPS) is 10.8. The van der Waals surface area contributed by atoms with Crippen molar-refractivity contribution in [2.45, 2.75) is 39.7 Å². The fourth-order valence-corrected chi connectivity index (χ4v) is 2.37. The maximum absolute atomic E-state index is 11.6. The summed E-state index contributed by atoms with van der Waals surface area (Å²) >= 11 is 0. The van der Waals surface area contributed by atoms with Crippen LogP contribution in [0.5, 0.6) is 5.75 Å². The van der Waals surface area contributed by atoms with Crippen LogP contribution in [0.15, 0.2) is 23.2 Å². The molecule has 7 nitrogen and oxygen atoms in total. The van der Waals surface area contributed by atoms with Gasteiger partial charge in [-0.05, 0) is 25.0 Å². The number of nitrogens with one attached hydrogen (secondary N) is 3. The van der Waals surface area contributed by atoms with E-state index in [9.17, 15) is 4.79 Å². The first kappa shape index (κ1) is 26.4. The smallest absolute Gasteiger partial charge is 0.221 e. The number of rotatable bonds is 12. The Labute approximate surface area is 186 Å². The third-order valence-electron chi connectivity index (χ3n) is 3.86. The summed E-state index contributed by atoms with van der Waals surface area (Å²) in [7, 11) is 3.40. The number of hydrogen-bond acceptors (Lipinski definition) is 4. The van der Waals surface area contributed by atoms with E-state index >= 15 is 0 Å². The summed E-state index contributed by atoms with van der Waals surface area (Å²) in [6, 6.07) is 6.16. The number of nitrogens with zero attached hydrogens (tertiary/aromatic N) is 1. The molecular weight excluding hydrogens is 471 g/mol. The van der Waals surface area contributed by atoms with E-state index in [0.29, 0.717) is 45.2 Å². The van der Waals surface area contributed by atoms with Crippen molar-refractivity contribution in [3.63, 3.8) is 0 Å². The average Bonchev–Trinajstić information content (AvgIpc) is 2.67. The molecule has 0 heterocycles. The quantitative estimate of drug-likeness (QED) is 0.176. The molecule has 0 saturated heterocycles. The lowest BCUT2D eigenvalue weighted by Crippen LogP contribution is -2.39. The van der Waals surface area contributed by atoms with Crippen molar-refractivity contribution in [2.24, 2.45) is 4.99 Å². The minimum Gasteiger partial charge on any atom is -0.493 e. The maximum Gasteiger partial charge on any atom is 0.221 e. The molecule has 8 heteroatoms. The Morgan fingerprint density at radius 1 is 1.14 bits per heavy atom. The zero-order valence-corrected chi connectivity index (χ0v) is 19.8. The Balaban J connectivity index is 0.00000729. The molecule has 0 unspecified atom stereocenters. The molecule has 0 spiro atoms. The SMILES string of the molecule is CCCNC(=O)CCNC(=NC)NCc1ccc(C)cc1OCCCOC.I. The molecule has 1 aromatic rings. The topological polar surface area (TPSA) is 84.0 Å². The standard InChI is InChI=1S/C20H34N4O3.HI/c1-5-10-22-19(25)9-11-23-20(21-3)24-15-17-8-7-16(2)14-18(17)27-13-6-12-26-4;/h7-8,14H,5-6,9-13,15H2,1-4H3,(H,22,25)(H2,21,23,24);1H. The summed E-state index contributed by atoms with van der Waals surface area (Å²) < 4.78 is 11.0. The summed E-state index contributed by atoms with van der Waals surface area (Å²) in [5, 5.41) is 9.28. The minimum absolute atomic E-state index is 0. The Hall–Kier alpha value is -1.55. The Morgan fingerprint density at radius 3 is 2.61 bits per heavy atom. The average molecular weight is 506 g/mol. The van der Waals surface area contributed by atoms with Gasteiger partial charge in [0.25, 0.3) is 0 Å². The first-order chi connectivity index (χ1) is 13.1. The second-order valence-electron chi connectivity index (χ2n) is 6.26. The van der Waals surface area contributed by atoms with Gasteiger partial charge in [-0.3, -0.25) is 9.79 Å². The van der Waals surface area contributed by atoms with Gasteiger partial charge in [-0.2, -0.15) is 0 Å². The molecule has 0 bridgehead atoms. The van der Waals surface area contributed by atoms with Crippen LogP contribution >= 0.6 is 24.0 Å². The summed E-state index contributed by atoms with van der Waals surface area (Å²) in [6.45, 7) is 7.21. The lowest BCUT2D eigenvalue weighted by atomic mass is 10.1. The van der Waals surface area contributed by atoms with Crippen LogP contribution in [0.4, 0.5) is 0 Å². The van der Waals surface area contributed by atoms with Crippen molar-refractivity contribution in [3.05, 3.63) is 29.3 Å². The van der Waals surface area contributed by atoms with Crippen molar-refractivity contribution in [1.82, 2.24) is 16.0 Å². The van der Waals surface area contributed by atoms with Crippen LogP contribution in [0.25, 0.3) is 0 Å². The van der Waals surface area contributed by atoms with Crippen molar-refractivity contribution >= 4 is 35.8 Å². The molecule has 160 valence electrons. The predicted molar refractivity (Wildman–Crippen MR) is 125 cm³/mol. The highest BCUT2D eigenvalue weighted by atomic mass is 127. The predicted octanol–water partition coefficient (Wildman–Crippen LogP) is 2.61. The highest BCUT2D eigenvalue weighted by Gasteiger charge is 2.07. The van der Waals surface area contributed by atoms with E-state index in [-0.39, 0.29) is 29.9 Å². The number of benzene rings is 1. The van der Waals surface area contributed by atoms with E-state index in [1.807, 2.05) is 19.9 Å². The van der Waals surface area contributed by atoms with Crippen molar-refractivity contribution in [2.75, 3.05) is 40.5 Å². The fourth-order valence-electron chi connectivity index (χ4n) is 2.37. The molecule has 1 rings (SSSR count). The monoisotopic (exact) mass is 506 g/mol.